The van der Waals surface area contributed by atoms with E-state index < -0.39 is 36.6 Å². The number of halogens is 5. The van der Waals surface area contributed by atoms with Crippen molar-refractivity contribution in [3.63, 3.8) is 0 Å². The van der Waals surface area contributed by atoms with Gasteiger partial charge in [0.1, 0.15) is 11.5 Å². The summed E-state index contributed by atoms with van der Waals surface area (Å²) in [7, 11) is 0. The van der Waals surface area contributed by atoms with E-state index in [4.69, 9.17) is 4.74 Å². The fourth-order valence-electron chi connectivity index (χ4n) is 3.77. The number of pyridine rings is 2. The topological polar surface area (TPSA) is 81.5 Å². The maximum Gasteiger partial charge on any atom is 0.419 e. The molecule has 0 bridgehead atoms. The zero-order valence-corrected chi connectivity index (χ0v) is 16.8. The third-order valence-corrected chi connectivity index (χ3v) is 5.56. The Morgan fingerprint density at radius 3 is 2.62 bits per heavy atom. The Morgan fingerprint density at radius 1 is 1.16 bits per heavy atom. The lowest BCUT2D eigenvalue weighted by Gasteiger charge is -2.36. The van der Waals surface area contributed by atoms with Crippen LogP contribution in [0.4, 0.5) is 22.0 Å². The van der Waals surface area contributed by atoms with Crippen LogP contribution in [0.25, 0.3) is 33.5 Å². The molecule has 5 rings (SSSR count). The van der Waals surface area contributed by atoms with Crippen molar-refractivity contribution in [2.45, 2.75) is 38.8 Å². The summed E-state index contributed by atoms with van der Waals surface area (Å²) in [5, 5.41) is 11.2. The van der Waals surface area contributed by atoms with E-state index in [9.17, 15) is 17.6 Å². The van der Waals surface area contributed by atoms with Crippen LogP contribution in [0.3, 0.4) is 0 Å². The molecular formula is C20H15F5N6O. The Bertz CT molecular complexity index is 1340. The predicted molar refractivity (Wildman–Crippen MR) is 102 cm³/mol. The summed E-state index contributed by atoms with van der Waals surface area (Å²) < 4.78 is 76.0. The van der Waals surface area contributed by atoms with E-state index in [-0.39, 0.29) is 33.9 Å². The fraction of sp³-hybridized carbons (Fsp3) is 0.300. The van der Waals surface area contributed by atoms with Gasteiger partial charge in [-0.2, -0.15) is 23.4 Å². The monoisotopic (exact) mass is 450 g/mol. The average molecular weight is 450 g/mol. The Labute approximate surface area is 177 Å². The van der Waals surface area contributed by atoms with Crippen LogP contribution in [0, 0.1) is 18.6 Å². The predicted octanol–water partition coefficient (Wildman–Crippen LogP) is 4.32. The van der Waals surface area contributed by atoms with Gasteiger partial charge in [-0.25, -0.2) is 13.8 Å². The van der Waals surface area contributed by atoms with Crippen molar-refractivity contribution in [1.82, 2.24) is 29.9 Å². The molecule has 4 aromatic heterocycles. The van der Waals surface area contributed by atoms with Crippen molar-refractivity contribution < 1.29 is 26.7 Å². The molecule has 7 nitrogen and oxygen atoms in total. The molecule has 1 atom stereocenters. The highest BCUT2D eigenvalue weighted by atomic mass is 19.4. The number of hydrogen-bond acceptors (Lipinski definition) is 5. The second-order valence-corrected chi connectivity index (χ2v) is 7.73. The van der Waals surface area contributed by atoms with Crippen LogP contribution in [-0.4, -0.2) is 41.7 Å². The largest absolute Gasteiger partial charge is 0.419 e. The summed E-state index contributed by atoms with van der Waals surface area (Å²) in [6.07, 6.45) is -2.33. The number of aromatic amines is 1. The molecule has 0 saturated heterocycles. The number of aromatic nitrogens is 6. The van der Waals surface area contributed by atoms with Crippen LogP contribution < -0.4 is 0 Å². The van der Waals surface area contributed by atoms with Crippen LogP contribution in [0.5, 0.6) is 0 Å². The number of ether oxygens (including phenoxy) is 1. The molecule has 0 amide bonds. The summed E-state index contributed by atoms with van der Waals surface area (Å²) in [5.41, 5.74) is -1.36. The Balaban J connectivity index is 1.81. The highest BCUT2D eigenvalue weighted by Gasteiger charge is 2.55. The van der Waals surface area contributed by atoms with Gasteiger partial charge in [0.05, 0.1) is 42.6 Å². The first-order valence-electron chi connectivity index (χ1n) is 9.51. The quantitative estimate of drug-likeness (QED) is 0.460. The SMILES string of the molecule is Cc1nc2[nH]ncc2c(-c2c(-c3ccc(F)cn3)nn3c2COC(C)(C(F)(F)F)C3)c1F. The minimum atomic E-state index is -4.65. The number of aryl methyl sites for hydroxylation is 1. The van der Waals surface area contributed by atoms with Crippen molar-refractivity contribution in [3.8, 4) is 22.5 Å². The third-order valence-electron chi connectivity index (χ3n) is 5.56. The fourth-order valence-corrected chi connectivity index (χ4v) is 3.77. The highest BCUT2D eigenvalue weighted by molar-refractivity contribution is 5.97. The summed E-state index contributed by atoms with van der Waals surface area (Å²) in [5.74, 6) is -1.28. The Hall–Kier alpha value is -3.41. The van der Waals surface area contributed by atoms with E-state index in [1.807, 2.05) is 0 Å². The van der Waals surface area contributed by atoms with E-state index in [1.54, 1.807) is 0 Å². The first-order valence-corrected chi connectivity index (χ1v) is 9.51. The molecule has 0 radical (unpaired) electrons. The molecule has 1 aliphatic rings. The normalized spacial score (nSPS) is 18.8. The summed E-state index contributed by atoms with van der Waals surface area (Å²) >= 11 is 0. The molecule has 1 N–H and O–H groups in total. The van der Waals surface area contributed by atoms with Crippen LogP contribution >= 0.6 is 0 Å². The number of fused-ring (bicyclic) bond motifs is 2. The molecule has 0 saturated carbocycles. The van der Waals surface area contributed by atoms with Gasteiger partial charge in [0.2, 0.25) is 0 Å². The lowest BCUT2D eigenvalue weighted by atomic mass is 9.96. The molecule has 32 heavy (non-hydrogen) atoms. The standard InChI is InChI=1S/C20H15F5N6O/c1-9-16(22)14(11-6-27-29-18(11)28-9)15-13-7-32-19(2,20(23,24)25)8-31(13)30-17(15)12-4-3-10(21)5-26-12/h3-6H,7-8H2,1-2H3,(H,27,28,29). The van der Waals surface area contributed by atoms with Gasteiger partial charge in [-0.05, 0) is 26.0 Å². The second-order valence-electron chi connectivity index (χ2n) is 7.73. The van der Waals surface area contributed by atoms with Crippen molar-refractivity contribution in [3.05, 3.63) is 47.5 Å². The lowest BCUT2D eigenvalue weighted by Crippen LogP contribution is -2.51. The molecule has 166 valence electrons. The molecule has 0 aliphatic carbocycles. The zero-order valence-electron chi connectivity index (χ0n) is 16.8. The molecular weight excluding hydrogens is 435 g/mol. The van der Waals surface area contributed by atoms with Gasteiger partial charge in [-0.15, -0.1) is 0 Å². The average Bonchev–Trinajstić information content (AvgIpc) is 3.33. The van der Waals surface area contributed by atoms with Gasteiger partial charge in [0.25, 0.3) is 0 Å². The van der Waals surface area contributed by atoms with Crippen LogP contribution in [-0.2, 0) is 17.9 Å². The van der Waals surface area contributed by atoms with Gasteiger partial charge < -0.3 is 4.74 Å². The molecule has 12 heteroatoms. The summed E-state index contributed by atoms with van der Waals surface area (Å²) in [4.78, 5) is 8.13. The van der Waals surface area contributed by atoms with Crippen molar-refractivity contribution in [2.75, 3.05) is 0 Å². The molecule has 1 aliphatic heterocycles. The van der Waals surface area contributed by atoms with Crippen LogP contribution in [0.15, 0.2) is 24.5 Å². The zero-order chi connectivity index (χ0) is 22.8. The number of alkyl halides is 3. The van der Waals surface area contributed by atoms with E-state index >= 15 is 4.39 Å². The molecule has 0 fully saturated rings. The maximum atomic E-state index is 15.4. The summed E-state index contributed by atoms with van der Waals surface area (Å²) in [6.45, 7) is 1.28. The summed E-state index contributed by atoms with van der Waals surface area (Å²) in [6, 6.07) is 2.47. The smallest absolute Gasteiger partial charge is 0.358 e. The van der Waals surface area contributed by atoms with Crippen molar-refractivity contribution >= 4 is 11.0 Å². The van der Waals surface area contributed by atoms with E-state index in [2.05, 4.69) is 25.3 Å². The Kier molecular flexibility index (Phi) is 4.35. The number of hydrogen-bond donors (Lipinski definition) is 1. The van der Waals surface area contributed by atoms with Crippen molar-refractivity contribution in [2.24, 2.45) is 0 Å². The lowest BCUT2D eigenvalue weighted by molar-refractivity contribution is -0.287. The minimum Gasteiger partial charge on any atom is -0.358 e. The van der Waals surface area contributed by atoms with Gasteiger partial charge in [-0.1, -0.05) is 0 Å². The number of nitrogens with zero attached hydrogens (tertiary/aromatic N) is 5. The minimum absolute atomic E-state index is 0.0582. The molecule has 1 unspecified atom stereocenters. The third kappa shape index (κ3) is 2.97. The van der Waals surface area contributed by atoms with Gasteiger partial charge >= 0.3 is 6.18 Å². The Morgan fingerprint density at radius 2 is 1.94 bits per heavy atom. The first kappa shape index (κ1) is 20.5. The van der Waals surface area contributed by atoms with Crippen molar-refractivity contribution in [1.29, 1.82) is 0 Å². The van der Waals surface area contributed by atoms with Gasteiger partial charge in [0.15, 0.2) is 17.1 Å². The highest BCUT2D eigenvalue weighted by Crippen LogP contribution is 2.44. The molecule has 4 aromatic rings. The molecule has 0 aromatic carbocycles. The van der Waals surface area contributed by atoms with E-state index in [0.29, 0.717) is 11.0 Å². The van der Waals surface area contributed by atoms with Gasteiger partial charge in [-0.3, -0.25) is 14.8 Å². The number of H-pyrrole nitrogens is 1. The molecule has 0 spiro atoms. The maximum absolute atomic E-state index is 15.4. The van der Waals surface area contributed by atoms with E-state index in [1.165, 1.54) is 19.2 Å². The number of rotatable bonds is 2. The molecule has 5 heterocycles. The van der Waals surface area contributed by atoms with Crippen LogP contribution in [0.2, 0.25) is 0 Å². The van der Waals surface area contributed by atoms with Gasteiger partial charge in [0, 0.05) is 16.5 Å². The van der Waals surface area contributed by atoms with Crippen LogP contribution in [0.1, 0.15) is 18.3 Å². The first-order chi connectivity index (χ1) is 15.1. The number of nitrogens with one attached hydrogen (secondary N) is 1. The van der Waals surface area contributed by atoms with E-state index in [0.717, 1.165) is 23.9 Å². The second kappa shape index (κ2) is 6.79.